The molecule has 1 aliphatic heterocycles. The van der Waals surface area contributed by atoms with Crippen LogP contribution in [-0.4, -0.2) is 16.3 Å². The van der Waals surface area contributed by atoms with Crippen LogP contribution in [-0.2, 0) is 6.42 Å². The summed E-state index contributed by atoms with van der Waals surface area (Å²) in [7, 11) is 0. The fourth-order valence-electron chi connectivity index (χ4n) is 3.41. The highest BCUT2D eigenvalue weighted by Gasteiger charge is 2.29. The van der Waals surface area contributed by atoms with Crippen LogP contribution in [0.3, 0.4) is 0 Å². The van der Waals surface area contributed by atoms with Crippen molar-refractivity contribution in [1.29, 1.82) is 0 Å². The van der Waals surface area contributed by atoms with E-state index in [4.69, 9.17) is 5.10 Å². The molecule has 0 amide bonds. The van der Waals surface area contributed by atoms with Crippen LogP contribution in [0, 0.1) is 6.92 Å². The van der Waals surface area contributed by atoms with E-state index in [-0.39, 0.29) is 0 Å². The molecular weight excluding hydrogens is 258 g/mol. The molecule has 1 aliphatic carbocycles. The van der Waals surface area contributed by atoms with Gasteiger partial charge in [-0.05, 0) is 51.2 Å². The molecule has 1 aromatic heterocycles. The molecule has 1 fully saturated rings. The van der Waals surface area contributed by atoms with Crippen LogP contribution in [0.4, 0.5) is 5.82 Å². The van der Waals surface area contributed by atoms with Crippen molar-refractivity contribution in [3.8, 4) is 5.69 Å². The topological polar surface area (TPSA) is 29.9 Å². The smallest absolute Gasteiger partial charge is 0.133 e. The van der Waals surface area contributed by atoms with E-state index in [2.05, 4.69) is 41.2 Å². The van der Waals surface area contributed by atoms with E-state index < -0.39 is 0 Å². The fraction of sp³-hybridized carbons (Fsp3) is 0.500. The highest BCUT2D eigenvalue weighted by molar-refractivity contribution is 5.55. The second-order valence-corrected chi connectivity index (χ2v) is 6.47. The lowest BCUT2D eigenvalue weighted by Gasteiger charge is -2.24. The number of aryl methyl sites for hydroxylation is 1. The van der Waals surface area contributed by atoms with Crippen molar-refractivity contribution in [3.05, 3.63) is 41.1 Å². The molecule has 0 radical (unpaired) electrons. The van der Waals surface area contributed by atoms with Crippen LogP contribution in [0.15, 0.2) is 24.3 Å². The van der Waals surface area contributed by atoms with Crippen LogP contribution in [0.2, 0.25) is 0 Å². The average molecular weight is 281 g/mol. The summed E-state index contributed by atoms with van der Waals surface area (Å²) in [6.45, 7) is 3.19. The summed E-state index contributed by atoms with van der Waals surface area (Å²) in [4.78, 5) is 0. The van der Waals surface area contributed by atoms with Crippen molar-refractivity contribution in [2.24, 2.45) is 0 Å². The van der Waals surface area contributed by atoms with E-state index in [0.29, 0.717) is 5.92 Å². The van der Waals surface area contributed by atoms with Gasteiger partial charge < -0.3 is 5.32 Å². The van der Waals surface area contributed by atoms with E-state index in [9.17, 15) is 0 Å². The number of benzene rings is 1. The third-order valence-corrected chi connectivity index (χ3v) is 4.93. The Morgan fingerprint density at radius 3 is 2.62 bits per heavy atom. The molecule has 3 heteroatoms. The molecule has 1 aromatic carbocycles. The third-order valence-electron chi connectivity index (χ3n) is 4.93. The normalized spacial score (nSPS) is 18.5. The SMILES string of the molecule is Cc1ccc(-n2nc(C3CCC3)c3c2NCCCC3)cc1. The molecule has 0 bridgehead atoms. The van der Waals surface area contributed by atoms with Crippen LogP contribution >= 0.6 is 0 Å². The molecule has 2 aliphatic rings. The highest BCUT2D eigenvalue weighted by Crippen LogP contribution is 2.41. The zero-order valence-corrected chi connectivity index (χ0v) is 12.7. The molecular formula is C18H23N3. The van der Waals surface area contributed by atoms with Gasteiger partial charge in [0, 0.05) is 18.0 Å². The summed E-state index contributed by atoms with van der Waals surface area (Å²) in [5.41, 5.74) is 5.32. The van der Waals surface area contributed by atoms with Crippen LogP contribution < -0.4 is 5.32 Å². The molecule has 21 heavy (non-hydrogen) atoms. The standard InChI is InChI=1S/C18H23N3/c1-13-8-10-15(11-9-13)21-18-16(7-2-3-12-19-18)17(20-21)14-5-4-6-14/h8-11,14,19H,2-7,12H2,1H3. The van der Waals surface area contributed by atoms with E-state index in [0.717, 1.165) is 6.54 Å². The van der Waals surface area contributed by atoms with Crippen molar-refractivity contribution in [2.45, 2.75) is 51.4 Å². The predicted molar refractivity (Wildman–Crippen MR) is 86.3 cm³/mol. The lowest BCUT2D eigenvalue weighted by molar-refractivity contribution is 0.406. The summed E-state index contributed by atoms with van der Waals surface area (Å²) in [6, 6.07) is 8.70. The Morgan fingerprint density at radius 2 is 1.90 bits per heavy atom. The predicted octanol–water partition coefficient (Wildman–Crippen LogP) is 4.20. The monoisotopic (exact) mass is 281 g/mol. The zero-order valence-electron chi connectivity index (χ0n) is 12.7. The molecule has 0 atom stereocenters. The van der Waals surface area contributed by atoms with Crippen molar-refractivity contribution in [3.63, 3.8) is 0 Å². The number of anilines is 1. The second-order valence-electron chi connectivity index (χ2n) is 6.47. The molecule has 3 nitrogen and oxygen atoms in total. The second kappa shape index (κ2) is 5.21. The Labute approximate surface area is 126 Å². The van der Waals surface area contributed by atoms with Gasteiger partial charge in [-0.2, -0.15) is 5.10 Å². The highest BCUT2D eigenvalue weighted by atomic mass is 15.3. The summed E-state index contributed by atoms with van der Waals surface area (Å²) < 4.78 is 2.15. The summed E-state index contributed by atoms with van der Waals surface area (Å²) >= 11 is 0. The van der Waals surface area contributed by atoms with Crippen LogP contribution in [0.1, 0.15) is 54.8 Å². The van der Waals surface area contributed by atoms with E-state index in [1.165, 1.54) is 66.9 Å². The molecule has 2 heterocycles. The van der Waals surface area contributed by atoms with Gasteiger partial charge in [-0.15, -0.1) is 0 Å². The van der Waals surface area contributed by atoms with Gasteiger partial charge in [0.25, 0.3) is 0 Å². The number of fused-ring (bicyclic) bond motifs is 1. The van der Waals surface area contributed by atoms with Crippen molar-refractivity contribution < 1.29 is 0 Å². The van der Waals surface area contributed by atoms with Crippen LogP contribution in [0.25, 0.3) is 5.69 Å². The Morgan fingerprint density at radius 1 is 1.10 bits per heavy atom. The van der Waals surface area contributed by atoms with Crippen molar-refractivity contribution in [1.82, 2.24) is 9.78 Å². The summed E-state index contributed by atoms with van der Waals surface area (Å²) in [5, 5.41) is 8.64. The maximum atomic E-state index is 5.01. The van der Waals surface area contributed by atoms with Crippen molar-refractivity contribution >= 4 is 5.82 Å². The molecule has 0 saturated heterocycles. The molecule has 110 valence electrons. The third kappa shape index (κ3) is 2.25. The average Bonchev–Trinajstić information content (AvgIpc) is 2.63. The first-order valence-electron chi connectivity index (χ1n) is 8.25. The molecule has 1 N–H and O–H groups in total. The van der Waals surface area contributed by atoms with E-state index in [1.807, 2.05) is 0 Å². The van der Waals surface area contributed by atoms with E-state index in [1.54, 1.807) is 0 Å². The quantitative estimate of drug-likeness (QED) is 0.894. The zero-order chi connectivity index (χ0) is 14.2. The number of hydrogen-bond acceptors (Lipinski definition) is 2. The number of hydrogen-bond donors (Lipinski definition) is 1. The Balaban J connectivity index is 1.82. The minimum Gasteiger partial charge on any atom is -0.370 e. The van der Waals surface area contributed by atoms with Gasteiger partial charge in [0.15, 0.2) is 0 Å². The van der Waals surface area contributed by atoms with Gasteiger partial charge in [-0.1, -0.05) is 24.1 Å². The Hall–Kier alpha value is -1.77. The minimum atomic E-state index is 0.699. The first-order chi connectivity index (χ1) is 10.3. The van der Waals surface area contributed by atoms with E-state index >= 15 is 0 Å². The number of nitrogens with zero attached hydrogens (tertiary/aromatic N) is 2. The number of rotatable bonds is 2. The van der Waals surface area contributed by atoms with Gasteiger partial charge >= 0.3 is 0 Å². The maximum Gasteiger partial charge on any atom is 0.133 e. The van der Waals surface area contributed by atoms with Gasteiger partial charge in [-0.3, -0.25) is 0 Å². The van der Waals surface area contributed by atoms with Crippen molar-refractivity contribution in [2.75, 3.05) is 11.9 Å². The molecule has 0 spiro atoms. The van der Waals surface area contributed by atoms with Gasteiger partial charge in [0.2, 0.25) is 0 Å². The summed E-state index contributed by atoms with van der Waals surface area (Å²) in [6.07, 6.45) is 7.71. The fourth-order valence-corrected chi connectivity index (χ4v) is 3.41. The largest absolute Gasteiger partial charge is 0.370 e. The first-order valence-corrected chi connectivity index (χ1v) is 8.25. The van der Waals surface area contributed by atoms with Gasteiger partial charge in [-0.25, -0.2) is 4.68 Å². The lowest BCUT2D eigenvalue weighted by atomic mass is 9.81. The molecule has 4 rings (SSSR count). The van der Waals surface area contributed by atoms with Gasteiger partial charge in [0.05, 0.1) is 11.4 Å². The molecule has 0 unspecified atom stereocenters. The van der Waals surface area contributed by atoms with Gasteiger partial charge in [0.1, 0.15) is 5.82 Å². The Bertz CT molecular complexity index is 635. The number of aromatic nitrogens is 2. The first kappa shape index (κ1) is 12.9. The lowest BCUT2D eigenvalue weighted by Crippen LogP contribution is -2.11. The van der Waals surface area contributed by atoms with Crippen LogP contribution in [0.5, 0.6) is 0 Å². The summed E-state index contributed by atoms with van der Waals surface area (Å²) in [5.74, 6) is 1.95. The Kier molecular flexibility index (Phi) is 3.21. The molecule has 2 aromatic rings. The maximum absolute atomic E-state index is 5.01. The minimum absolute atomic E-state index is 0.699. The number of nitrogens with one attached hydrogen (secondary N) is 1. The molecule has 1 saturated carbocycles.